The van der Waals surface area contributed by atoms with Gasteiger partial charge in [-0.15, -0.1) is 0 Å². The van der Waals surface area contributed by atoms with Crippen LogP contribution in [0, 0.1) is 18.3 Å². The second-order valence-electron chi connectivity index (χ2n) is 5.32. The van der Waals surface area contributed by atoms with Gasteiger partial charge in [-0.1, -0.05) is 36.7 Å². The molecular formula is C12H18Br2N2O. The Morgan fingerprint density at radius 1 is 1.47 bits per heavy atom. The summed E-state index contributed by atoms with van der Waals surface area (Å²) in [6.45, 7) is 9.04. The third-order valence-corrected chi connectivity index (χ3v) is 4.68. The van der Waals surface area contributed by atoms with Crippen molar-refractivity contribution in [1.82, 2.24) is 9.55 Å². The monoisotopic (exact) mass is 364 g/mol. The predicted octanol–water partition coefficient (Wildman–Crippen LogP) is 3.37. The number of nitrogens with zero attached hydrogens (tertiary/aromatic N) is 2. The van der Waals surface area contributed by atoms with Gasteiger partial charge in [-0.05, 0) is 34.2 Å². The average molecular weight is 366 g/mol. The van der Waals surface area contributed by atoms with E-state index < -0.39 is 0 Å². The lowest BCUT2D eigenvalue weighted by Crippen LogP contribution is -2.32. The molecule has 1 aromatic rings. The zero-order valence-electron chi connectivity index (χ0n) is 10.6. The summed E-state index contributed by atoms with van der Waals surface area (Å²) in [6.07, 6.45) is 1.63. The van der Waals surface area contributed by atoms with Crippen LogP contribution in [-0.2, 0) is 6.54 Å². The molecule has 0 fully saturated rings. The molecule has 0 bridgehead atoms. The second-order valence-corrected chi connectivity index (χ2v) is 6.76. The summed E-state index contributed by atoms with van der Waals surface area (Å²) in [5, 5.41) is 0.869. The van der Waals surface area contributed by atoms with Gasteiger partial charge in [0, 0.05) is 11.9 Å². The Kier molecular flexibility index (Phi) is 4.95. The number of aromatic nitrogens is 2. The standard InChI is InChI=1S/C12H18Br2N2O/c1-8-10(14)11(17)16(7-15-8)6-9(5-13)12(2,3)4/h7,9H,5-6H2,1-4H3. The van der Waals surface area contributed by atoms with Gasteiger partial charge in [0.2, 0.25) is 0 Å². The molecule has 96 valence electrons. The number of hydrogen-bond acceptors (Lipinski definition) is 2. The molecular weight excluding hydrogens is 348 g/mol. The first-order valence-electron chi connectivity index (χ1n) is 5.55. The van der Waals surface area contributed by atoms with E-state index in [0.29, 0.717) is 16.9 Å². The van der Waals surface area contributed by atoms with Crippen molar-refractivity contribution < 1.29 is 0 Å². The van der Waals surface area contributed by atoms with Gasteiger partial charge in [-0.2, -0.15) is 0 Å². The fourth-order valence-electron chi connectivity index (χ4n) is 1.47. The zero-order chi connectivity index (χ0) is 13.2. The Labute approximate surface area is 119 Å². The molecule has 5 heteroatoms. The van der Waals surface area contributed by atoms with Crippen molar-refractivity contribution in [3.63, 3.8) is 0 Å². The molecule has 0 radical (unpaired) electrons. The first kappa shape index (κ1) is 14.9. The summed E-state index contributed by atoms with van der Waals surface area (Å²) in [5.74, 6) is 0.386. The van der Waals surface area contributed by atoms with Gasteiger partial charge < -0.3 is 0 Å². The third-order valence-electron chi connectivity index (χ3n) is 2.99. The fraction of sp³-hybridized carbons (Fsp3) is 0.667. The lowest BCUT2D eigenvalue weighted by atomic mass is 9.82. The molecule has 1 rings (SSSR count). The molecule has 0 aromatic carbocycles. The highest BCUT2D eigenvalue weighted by molar-refractivity contribution is 9.10. The summed E-state index contributed by atoms with van der Waals surface area (Å²) in [6, 6.07) is 0. The van der Waals surface area contributed by atoms with Crippen LogP contribution in [0.5, 0.6) is 0 Å². The van der Waals surface area contributed by atoms with E-state index in [2.05, 4.69) is 57.6 Å². The van der Waals surface area contributed by atoms with E-state index in [-0.39, 0.29) is 11.0 Å². The molecule has 0 amide bonds. The lowest BCUT2D eigenvalue weighted by Gasteiger charge is -2.29. The van der Waals surface area contributed by atoms with E-state index >= 15 is 0 Å². The molecule has 1 atom stereocenters. The van der Waals surface area contributed by atoms with Crippen LogP contribution in [0.1, 0.15) is 26.5 Å². The SMILES string of the molecule is Cc1ncn(CC(CBr)C(C)(C)C)c(=O)c1Br. The molecule has 0 saturated heterocycles. The van der Waals surface area contributed by atoms with Gasteiger partial charge in [0.25, 0.3) is 5.56 Å². The van der Waals surface area contributed by atoms with E-state index in [1.54, 1.807) is 10.9 Å². The van der Waals surface area contributed by atoms with Gasteiger partial charge in [0.1, 0.15) is 4.47 Å². The van der Waals surface area contributed by atoms with Crippen molar-refractivity contribution in [1.29, 1.82) is 0 Å². The Hall–Kier alpha value is -0.160. The first-order valence-corrected chi connectivity index (χ1v) is 7.46. The largest absolute Gasteiger partial charge is 0.298 e. The highest BCUT2D eigenvalue weighted by Gasteiger charge is 2.24. The predicted molar refractivity (Wildman–Crippen MR) is 77.7 cm³/mol. The minimum absolute atomic E-state index is 0.00676. The lowest BCUT2D eigenvalue weighted by molar-refractivity contribution is 0.236. The third kappa shape index (κ3) is 3.65. The maximum Gasteiger partial charge on any atom is 0.267 e. The van der Waals surface area contributed by atoms with Crippen LogP contribution in [0.25, 0.3) is 0 Å². The van der Waals surface area contributed by atoms with Crippen LogP contribution in [0.3, 0.4) is 0 Å². The van der Waals surface area contributed by atoms with E-state index in [9.17, 15) is 4.79 Å². The van der Waals surface area contributed by atoms with Gasteiger partial charge in [0.05, 0.1) is 12.0 Å². The van der Waals surface area contributed by atoms with Gasteiger partial charge in [-0.25, -0.2) is 4.98 Å². The Bertz CT molecular complexity index is 449. The van der Waals surface area contributed by atoms with Crippen LogP contribution < -0.4 is 5.56 Å². The molecule has 0 spiro atoms. The zero-order valence-corrected chi connectivity index (χ0v) is 13.8. The van der Waals surface area contributed by atoms with Crippen LogP contribution in [0.2, 0.25) is 0 Å². The molecule has 0 aliphatic heterocycles. The molecule has 1 aromatic heterocycles. The molecule has 1 unspecified atom stereocenters. The Balaban J connectivity index is 3.04. The van der Waals surface area contributed by atoms with E-state index in [1.807, 2.05) is 6.92 Å². The fourth-order valence-corrected chi connectivity index (χ4v) is 2.97. The number of rotatable bonds is 3. The first-order chi connectivity index (χ1) is 7.77. The number of halogens is 2. The normalized spacial score (nSPS) is 13.8. The molecule has 0 N–H and O–H groups in total. The highest BCUT2D eigenvalue weighted by Crippen LogP contribution is 2.28. The van der Waals surface area contributed by atoms with Crippen molar-refractivity contribution >= 4 is 31.9 Å². The molecule has 17 heavy (non-hydrogen) atoms. The van der Waals surface area contributed by atoms with Crippen LogP contribution >= 0.6 is 31.9 Å². The van der Waals surface area contributed by atoms with Crippen LogP contribution in [-0.4, -0.2) is 14.9 Å². The van der Waals surface area contributed by atoms with E-state index in [1.165, 1.54) is 0 Å². The topological polar surface area (TPSA) is 34.9 Å². The minimum Gasteiger partial charge on any atom is -0.298 e. The van der Waals surface area contributed by atoms with Crippen molar-refractivity contribution in [2.45, 2.75) is 34.2 Å². The molecule has 1 heterocycles. The van der Waals surface area contributed by atoms with E-state index in [4.69, 9.17) is 0 Å². The van der Waals surface area contributed by atoms with E-state index in [0.717, 1.165) is 11.0 Å². The molecule has 3 nitrogen and oxygen atoms in total. The number of hydrogen-bond donors (Lipinski definition) is 0. The van der Waals surface area contributed by atoms with Crippen molar-refractivity contribution in [2.75, 3.05) is 5.33 Å². The summed E-state index contributed by atoms with van der Waals surface area (Å²) >= 11 is 6.80. The van der Waals surface area contributed by atoms with Crippen molar-refractivity contribution in [2.24, 2.45) is 11.3 Å². The maximum atomic E-state index is 12.0. The second kappa shape index (κ2) is 5.65. The van der Waals surface area contributed by atoms with Gasteiger partial charge in [-0.3, -0.25) is 9.36 Å². The molecule has 0 aliphatic rings. The summed E-state index contributed by atoms with van der Waals surface area (Å²) in [4.78, 5) is 16.2. The van der Waals surface area contributed by atoms with Crippen LogP contribution in [0.4, 0.5) is 0 Å². The Morgan fingerprint density at radius 2 is 2.06 bits per heavy atom. The minimum atomic E-state index is -0.00676. The number of alkyl halides is 1. The smallest absolute Gasteiger partial charge is 0.267 e. The quantitative estimate of drug-likeness (QED) is 0.769. The molecule has 0 aliphatic carbocycles. The van der Waals surface area contributed by atoms with Gasteiger partial charge in [0.15, 0.2) is 0 Å². The molecule has 0 saturated carbocycles. The summed E-state index contributed by atoms with van der Waals surface area (Å²) < 4.78 is 2.23. The van der Waals surface area contributed by atoms with Crippen molar-refractivity contribution in [3.8, 4) is 0 Å². The average Bonchev–Trinajstić information content (AvgIpc) is 2.23. The summed E-state index contributed by atoms with van der Waals surface area (Å²) in [7, 11) is 0. The maximum absolute atomic E-state index is 12.0. The van der Waals surface area contributed by atoms with Crippen LogP contribution in [0.15, 0.2) is 15.6 Å². The Morgan fingerprint density at radius 3 is 2.53 bits per heavy atom. The van der Waals surface area contributed by atoms with Crippen molar-refractivity contribution in [3.05, 3.63) is 26.8 Å². The highest BCUT2D eigenvalue weighted by atomic mass is 79.9. The van der Waals surface area contributed by atoms with Gasteiger partial charge >= 0.3 is 0 Å². The summed E-state index contributed by atoms with van der Waals surface area (Å²) in [5.41, 5.74) is 0.880. The number of aryl methyl sites for hydroxylation is 1.